The van der Waals surface area contributed by atoms with Gasteiger partial charge in [-0.05, 0) is 61.0 Å². The number of fused-ring (bicyclic) bond motifs is 2. The molecule has 4 aromatic rings. The second-order valence-corrected chi connectivity index (χ2v) is 8.01. The topological polar surface area (TPSA) is 108 Å². The van der Waals surface area contributed by atoms with Crippen LogP contribution in [0.5, 0.6) is 0 Å². The van der Waals surface area contributed by atoms with Crippen molar-refractivity contribution in [1.29, 1.82) is 0 Å². The Kier molecular flexibility index (Phi) is 6.03. The number of hydrogen-bond acceptors (Lipinski definition) is 7. The lowest BCUT2D eigenvalue weighted by molar-refractivity contribution is 0.0949. The van der Waals surface area contributed by atoms with Gasteiger partial charge in [-0.1, -0.05) is 18.2 Å². The number of carbonyl (C=O) groups excluding carboxylic acids is 1. The lowest BCUT2D eigenvalue weighted by Gasteiger charge is -2.17. The SMILES string of the molecule is NCCCNC(=O)c1ccc(-c2ccc3c(n2)N(Cc2ccc4ncccc4c2)NN3)cc1F. The number of hydrazine groups is 2. The number of anilines is 2. The van der Waals surface area contributed by atoms with Crippen LogP contribution in [0, 0.1) is 5.82 Å². The van der Waals surface area contributed by atoms with Crippen molar-refractivity contribution in [2.24, 2.45) is 5.73 Å². The molecule has 5 N–H and O–H groups in total. The highest BCUT2D eigenvalue weighted by Crippen LogP contribution is 2.32. The van der Waals surface area contributed by atoms with E-state index in [9.17, 15) is 9.18 Å². The van der Waals surface area contributed by atoms with Crippen LogP contribution < -0.4 is 27.0 Å². The first-order chi connectivity index (χ1) is 16.6. The third-order valence-electron chi connectivity index (χ3n) is 5.64. The molecule has 2 aromatic heterocycles. The number of pyridine rings is 2. The van der Waals surface area contributed by atoms with E-state index in [2.05, 4.69) is 27.3 Å². The fourth-order valence-electron chi connectivity index (χ4n) is 3.87. The number of hydrogen-bond donors (Lipinski definition) is 4. The number of rotatable bonds is 7. The quantitative estimate of drug-likeness (QED) is 0.315. The van der Waals surface area contributed by atoms with Gasteiger partial charge in [0.15, 0.2) is 5.82 Å². The van der Waals surface area contributed by atoms with Gasteiger partial charge in [0.05, 0.1) is 29.0 Å². The van der Waals surface area contributed by atoms with Crippen LogP contribution in [-0.4, -0.2) is 29.0 Å². The van der Waals surface area contributed by atoms with Crippen LogP contribution in [0.4, 0.5) is 15.9 Å². The number of nitrogens with zero attached hydrogens (tertiary/aromatic N) is 3. The average Bonchev–Trinajstić information content (AvgIpc) is 3.26. The zero-order valence-corrected chi connectivity index (χ0v) is 18.4. The van der Waals surface area contributed by atoms with Crippen molar-refractivity contribution in [3.8, 4) is 11.3 Å². The molecule has 172 valence electrons. The molecular weight excluding hydrogens is 433 g/mol. The van der Waals surface area contributed by atoms with Gasteiger partial charge in [-0.25, -0.2) is 9.37 Å². The molecule has 2 aromatic carbocycles. The number of nitrogens with two attached hydrogens (primary N) is 1. The fraction of sp³-hybridized carbons (Fsp3) is 0.160. The van der Waals surface area contributed by atoms with Crippen molar-refractivity contribution in [2.45, 2.75) is 13.0 Å². The van der Waals surface area contributed by atoms with Crippen LogP contribution in [0.1, 0.15) is 22.3 Å². The molecule has 0 atom stereocenters. The van der Waals surface area contributed by atoms with Gasteiger partial charge >= 0.3 is 0 Å². The van der Waals surface area contributed by atoms with Crippen molar-refractivity contribution in [2.75, 3.05) is 23.5 Å². The molecule has 0 unspecified atom stereocenters. The minimum atomic E-state index is -0.595. The molecule has 1 amide bonds. The summed E-state index contributed by atoms with van der Waals surface area (Å²) in [4.78, 5) is 21.3. The van der Waals surface area contributed by atoms with E-state index in [1.807, 2.05) is 41.4 Å². The van der Waals surface area contributed by atoms with E-state index in [-0.39, 0.29) is 5.56 Å². The molecule has 5 rings (SSSR count). The summed E-state index contributed by atoms with van der Waals surface area (Å²) in [5.74, 6) is -0.347. The van der Waals surface area contributed by atoms with Gasteiger partial charge < -0.3 is 16.5 Å². The molecule has 8 nitrogen and oxygen atoms in total. The summed E-state index contributed by atoms with van der Waals surface area (Å²) in [6, 6.07) is 18.3. The Morgan fingerprint density at radius 1 is 1.12 bits per heavy atom. The van der Waals surface area contributed by atoms with Gasteiger partial charge in [0.1, 0.15) is 5.82 Å². The number of nitrogens with one attached hydrogen (secondary N) is 3. The molecule has 0 saturated carbocycles. The number of aromatic nitrogens is 2. The molecule has 0 spiro atoms. The predicted molar refractivity (Wildman–Crippen MR) is 130 cm³/mol. The van der Waals surface area contributed by atoms with Gasteiger partial charge in [0.25, 0.3) is 5.91 Å². The minimum absolute atomic E-state index is 0.00214. The van der Waals surface area contributed by atoms with Crippen molar-refractivity contribution < 1.29 is 9.18 Å². The van der Waals surface area contributed by atoms with Crippen LogP contribution in [0.25, 0.3) is 22.2 Å². The lowest BCUT2D eigenvalue weighted by atomic mass is 10.1. The first-order valence-electron chi connectivity index (χ1n) is 11.0. The van der Waals surface area contributed by atoms with Crippen LogP contribution in [0.3, 0.4) is 0 Å². The highest BCUT2D eigenvalue weighted by Gasteiger charge is 2.22. The molecule has 1 aliphatic heterocycles. The summed E-state index contributed by atoms with van der Waals surface area (Å²) in [5.41, 5.74) is 15.7. The van der Waals surface area contributed by atoms with Crippen molar-refractivity contribution in [1.82, 2.24) is 20.8 Å². The molecular formula is C25H24FN7O. The standard InChI is InChI=1S/C25H24FN7O/c26-20-14-18(5-6-19(20)25(34)29-12-2-10-27)22-8-9-23-24(30-22)33(32-31-23)15-16-4-7-21-17(13-16)3-1-11-28-21/h1,3-9,11,13-14,31-32H,2,10,12,15,27H2,(H,29,34). The smallest absolute Gasteiger partial charge is 0.254 e. The summed E-state index contributed by atoms with van der Waals surface area (Å²) in [6.45, 7) is 1.44. The summed E-state index contributed by atoms with van der Waals surface area (Å²) < 4.78 is 14.7. The second-order valence-electron chi connectivity index (χ2n) is 8.01. The van der Waals surface area contributed by atoms with Gasteiger partial charge in [-0.2, -0.15) is 0 Å². The zero-order valence-electron chi connectivity index (χ0n) is 18.4. The molecule has 0 radical (unpaired) electrons. The van der Waals surface area contributed by atoms with Gasteiger partial charge in [0.2, 0.25) is 0 Å². The van der Waals surface area contributed by atoms with E-state index in [1.54, 1.807) is 12.3 Å². The zero-order chi connectivity index (χ0) is 23.5. The van der Waals surface area contributed by atoms with Gasteiger partial charge in [0, 0.05) is 23.7 Å². The Bertz CT molecular complexity index is 1360. The molecule has 34 heavy (non-hydrogen) atoms. The number of benzene rings is 2. The maximum atomic E-state index is 14.7. The normalized spacial score (nSPS) is 12.5. The Balaban J connectivity index is 1.37. The van der Waals surface area contributed by atoms with Gasteiger partial charge in [-0.15, -0.1) is 5.53 Å². The lowest BCUT2D eigenvalue weighted by Crippen LogP contribution is -2.35. The van der Waals surface area contributed by atoms with E-state index in [0.717, 1.165) is 22.2 Å². The van der Waals surface area contributed by atoms with E-state index in [0.29, 0.717) is 43.1 Å². The van der Waals surface area contributed by atoms with Gasteiger partial charge in [-0.3, -0.25) is 14.8 Å². The number of carbonyl (C=O) groups is 1. The molecule has 0 saturated heterocycles. The fourth-order valence-corrected chi connectivity index (χ4v) is 3.87. The number of halogens is 1. The highest BCUT2D eigenvalue weighted by molar-refractivity contribution is 5.95. The molecule has 0 fully saturated rings. The largest absolute Gasteiger partial charge is 0.352 e. The first-order valence-corrected chi connectivity index (χ1v) is 11.0. The third kappa shape index (κ3) is 4.39. The van der Waals surface area contributed by atoms with E-state index in [1.165, 1.54) is 12.1 Å². The summed E-state index contributed by atoms with van der Waals surface area (Å²) in [5, 5.41) is 5.63. The van der Waals surface area contributed by atoms with Crippen LogP contribution in [0.15, 0.2) is 66.9 Å². The molecule has 0 aliphatic carbocycles. The van der Waals surface area contributed by atoms with E-state index < -0.39 is 11.7 Å². The summed E-state index contributed by atoms with van der Waals surface area (Å²) in [7, 11) is 0. The van der Waals surface area contributed by atoms with Crippen LogP contribution in [0.2, 0.25) is 0 Å². The first kappa shape index (κ1) is 21.7. The van der Waals surface area contributed by atoms with Crippen LogP contribution >= 0.6 is 0 Å². The number of amides is 1. The Morgan fingerprint density at radius 2 is 2.03 bits per heavy atom. The average molecular weight is 458 g/mol. The monoisotopic (exact) mass is 457 g/mol. The molecule has 9 heteroatoms. The predicted octanol–water partition coefficient (Wildman–Crippen LogP) is 3.37. The Hall–Kier alpha value is -4.08. The molecule has 3 heterocycles. The van der Waals surface area contributed by atoms with Crippen molar-refractivity contribution in [3.63, 3.8) is 0 Å². The minimum Gasteiger partial charge on any atom is -0.352 e. The maximum Gasteiger partial charge on any atom is 0.254 e. The molecule has 0 bridgehead atoms. The second kappa shape index (κ2) is 9.42. The maximum absolute atomic E-state index is 14.7. The third-order valence-corrected chi connectivity index (χ3v) is 5.64. The van der Waals surface area contributed by atoms with Crippen LogP contribution in [-0.2, 0) is 6.54 Å². The summed E-state index contributed by atoms with van der Waals surface area (Å²) >= 11 is 0. The Morgan fingerprint density at radius 3 is 2.88 bits per heavy atom. The van der Waals surface area contributed by atoms with E-state index in [4.69, 9.17) is 10.7 Å². The van der Waals surface area contributed by atoms with Crippen molar-refractivity contribution in [3.05, 3.63) is 83.8 Å². The summed E-state index contributed by atoms with van der Waals surface area (Å²) in [6.07, 6.45) is 2.42. The Labute approximate surface area is 196 Å². The van der Waals surface area contributed by atoms with Crippen molar-refractivity contribution >= 4 is 28.3 Å². The molecule has 1 aliphatic rings. The van der Waals surface area contributed by atoms with E-state index >= 15 is 0 Å². The highest BCUT2D eigenvalue weighted by atomic mass is 19.1.